The number of hydrogen-bond donors (Lipinski definition) is 2. The largest absolute Gasteiger partial charge is 0.506 e. The van der Waals surface area contributed by atoms with Crippen LogP contribution < -0.4 is 15.6 Å². The lowest BCUT2D eigenvalue weighted by Crippen LogP contribution is -2.26. The van der Waals surface area contributed by atoms with Crippen molar-refractivity contribution in [3.05, 3.63) is 46.4 Å². The first-order valence-electron chi connectivity index (χ1n) is 6.71. The van der Waals surface area contributed by atoms with E-state index in [0.717, 1.165) is 0 Å². The summed E-state index contributed by atoms with van der Waals surface area (Å²) in [6.45, 7) is 4.37. The summed E-state index contributed by atoms with van der Waals surface area (Å²) < 4.78 is 6.39. The smallest absolute Gasteiger partial charge is 0.275 e. The van der Waals surface area contributed by atoms with Crippen molar-refractivity contribution in [3.8, 4) is 17.2 Å². The molecule has 112 valence electrons. The topological polar surface area (TPSA) is 76.4 Å². The van der Waals surface area contributed by atoms with Crippen molar-refractivity contribution in [3.63, 3.8) is 0 Å². The Hall–Kier alpha value is -2.34. The van der Waals surface area contributed by atoms with Crippen LogP contribution in [-0.2, 0) is 6.54 Å². The number of aromatic hydroxyl groups is 1. The Balaban J connectivity index is 2.43. The molecule has 1 aromatic carbocycles. The van der Waals surface area contributed by atoms with Gasteiger partial charge in [-0.1, -0.05) is 19.9 Å². The summed E-state index contributed by atoms with van der Waals surface area (Å²) in [4.78, 5) is 12.0. The van der Waals surface area contributed by atoms with E-state index in [1.165, 1.54) is 10.7 Å². The number of hydrogen-bond acceptors (Lipinski definition) is 5. The molecule has 2 N–H and O–H groups in total. The highest BCUT2D eigenvalue weighted by Gasteiger charge is 2.10. The maximum absolute atomic E-state index is 12.0. The highest BCUT2D eigenvalue weighted by molar-refractivity contribution is 5.39. The van der Waals surface area contributed by atoms with Gasteiger partial charge in [-0.3, -0.25) is 4.79 Å². The van der Waals surface area contributed by atoms with E-state index in [4.69, 9.17) is 4.74 Å². The minimum atomic E-state index is -0.394. The summed E-state index contributed by atoms with van der Waals surface area (Å²) in [7, 11) is 1.56. The highest BCUT2D eigenvalue weighted by Crippen LogP contribution is 2.16. The summed E-state index contributed by atoms with van der Waals surface area (Å²) in [6, 6.07) is 8.46. The average molecular weight is 289 g/mol. The molecule has 21 heavy (non-hydrogen) atoms. The van der Waals surface area contributed by atoms with E-state index in [1.807, 2.05) is 13.8 Å². The van der Waals surface area contributed by atoms with E-state index in [9.17, 15) is 9.90 Å². The quantitative estimate of drug-likeness (QED) is 0.871. The van der Waals surface area contributed by atoms with Crippen LogP contribution in [0.5, 0.6) is 11.5 Å². The molecule has 0 atom stereocenters. The molecule has 0 bridgehead atoms. The third-order valence-corrected chi connectivity index (χ3v) is 2.96. The van der Waals surface area contributed by atoms with Gasteiger partial charge in [0.25, 0.3) is 5.56 Å². The average Bonchev–Trinajstić information content (AvgIpc) is 2.46. The fourth-order valence-electron chi connectivity index (χ4n) is 1.84. The van der Waals surface area contributed by atoms with Crippen molar-refractivity contribution in [2.75, 3.05) is 7.11 Å². The Labute approximate surface area is 123 Å². The minimum absolute atomic E-state index is 0.104. The number of aromatic nitrogens is 2. The first-order valence-corrected chi connectivity index (χ1v) is 6.71. The van der Waals surface area contributed by atoms with Crippen LogP contribution >= 0.6 is 0 Å². The summed E-state index contributed by atoms with van der Waals surface area (Å²) in [6.07, 6.45) is 0. The number of ether oxygens (including phenoxy) is 1. The molecule has 0 aliphatic heterocycles. The van der Waals surface area contributed by atoms with Gasteiger partial charge in [-0.25, -0.2) is 0 Å². The van der Waals surface area contributed by atoms with Crippen molar-refractivity contribution < 1.29 is 9.84 Å². The molecule has 0 fully saturated rings. The summed E-state index contributed by atoms with van der Waals surface area (Å²) in [5.74, 6) is 0.531. The second-order valence-corrected chi connectivity index (χ2v) is 4.96. The van der Waals surface area contributed by atoms with Gasteiger partial charge in [0.2, 0.25) is 0 Å². The van der Waals surface area contributed by atoms with E-state index in [1.54, 1.807) is 31.4 Å². The molecule has 0 saturated heterocycles. The molecule has 0 saturated carbocycles. The van der Waals surface area contributed by atoms with Gasteiger partial charge in [-0.05, 0) is 12.1 Å². The lowest BCUT2D eigenvalue weighted by Gasteiger charge is -2.12. The number of nitrogens with one attached hydrogen (secondary N) is 1. The lowest BCUT2D eigenvalue weighted by molar-refractivity contribution is 0.414. The van der Waals surface area contributed by atoms with Gasteiger partial charge in [-0.2, -0.15) is 9.78 Å². The Kier molecular flexibility index (Phi) is 4.59. The van der Waals surface area contributed by atoms with Gasteiger partial charge in [0.1, 0.15) is 17.2 Å². The third-order valence-electron chi connectivity index (χ3n) is 2.96. The van der Waals surface area contributed by atoms with Gasteiger partial charge in [0, 0.05) is 24.7 Å². The maximum atomic E-state index is 12.0. The van der Waals surface area contributed by atoms with E-state index >= 15 is 0 Å². The minimum Gasteiger partial charge on any atom is -0.506 e. The zero-order valence-electron chi connectivity index (χ0n) is 12.3. The van der Waals surface area contributed by atoms with Crippen LogP contribution in [0.1, 0.15) is 19.5 Å². The van der Waals surface area contributed by atoms with Crippen LogP contribution in [-0.4, -0.2) is 28.0 Å². The van der Waals surface area contributed by atoms with Gasteiger partial charge in [0.05, 0.1) is 12.8 Å². The molecule has 0 aliphatic rings. The first-order chi connectivity index (χ1) is 10.0. The zero-order chi connectivity index (χ0) is 15.4. The number of methoxy groups -OCH3 is 1. The first kappa shape index (κ1) is 15.1. The molecule has 0 aliphatic carbocycles. The molecular weight excluding hydrogens is 270 g/mol. The summed E-state index contributed by atoms with van der Waals surface area (Å²) in [5, 5.41) is 17.2. The molecule has 0 spiro atoms. The Bertz CT molecular complexity index is 680. The highest BCUT2D eigenvalue weighted by atomic mass is 16.5. The predicted molar refractivity (Wildman–Crippen MR) is 80.0 cm³/mol. The molecule has 2 aromatic rings. The van der Waals surface area contributed by atoms with E-state index < -0.39 is 5.56 Å². The van der Waals surface area contributed by atoms with Gasteiger partial charge >= 0.3 is 0 Å². The normalized spacial score (nSPS) is 10.9. The molecule has 0 amide bonds. The Morgan fingerprint density at radius 3 is 2.81 bits per heavy atom. The van der Waals surface area contributed by atoms with Gasteiger partial charge in [0.15, 0.2) is 0 Å². The molecule has 1 aromatic heterocycles. The van der Waals surface area contributed by atoms with Crippen molar-refractivity contribution >= 4 is 0 Å². The van der Waals surface area contributed by atoms with Crippen LogP contribution in [0.4, 0.5) is 0 Å². The summed E-state index contributed by atoms with van der Waals surface area (Å²) >= 11 is 0. The Morgan fingerprint density at radius 1 is 1.38 bits per heavy atom. The fourth-order valence-corrected chi connectivity index (χ4v) is 1.84. The van der Waals surface area contributed by atoms with Crippen molar-refractivity contribution in [2.45, 2.75) is 26.4 Å². The number of benzene rings is 1. The molecule has 6 nitrogen and oxygen atoms in total. The lowest BCUT2D eigenvalue weighted by atomic mass is 10.3. The van der Waals surface area contributed by atoms with Crippen LogP contribution in [0.25, 0.3) is 5.69 Å². The van der Waals surface area contributed by atoms with Crippen LogP contribution in [0.3, 0.4) is 0 Å². The van der Waals surface area contributed by atoms with Gasteiger partial charge in [-0.15, -0.1) is 0 Å². The summed E-state index contributed by atoms with van der Waals surface area (Å²) in [5.41, 5.74) is 0.616. The monoisotopic (exact) mass is 289 g/mol. The molecule has 1 heterocycles. The fraction of sp³-hybridized carbons (Fsp3) is 0.333. The molecule has 0 radical (unpaired) electrons. The second-order valence-electron chi connectivity index (χ2n) is 4.96. The SMILES string of the molecule is COc1cccc(-n2nc(CNC(C)C)c(O)cc2=O)c1. The van der Waals surface area contributed by atoms with E-state index in [0.29, 0.717) is 23.7 Å². The predicted octanol–water partition coefficient (Wildman–Crippen LogP) is 1.44. The van der Waals surface area contributed by atoms with Gasteiger partial charge < -0.3 is 15.2 Å². The third kappa shape index (κ3) is 3.61. The maximum Gasteiger partial charge on any atom is 0.275 e. The van der Waals surface area contributed by atoms with Crippen LogP contribution in [0, 0.1) is 0 Å². The standard InChI is InChI=1S/C15H19N3O3/c1-10(2)16-9-13-14(19)8-15(20)18(17-13)11-5-4-6-12(7-11)21-3/h4-8,10,16,19H,9H2,1-3H3. The number of rotatable bonds is 5. The van der Waals surface area contributed by atoms with Crippen molar-refractivity contribution in [1.29, 1.82) is 0 Å². The van der Waals surface area contributed by atoms with Crippen LogP contribution in [0.15, 0.2) is 35.1 Å². The molecular formula is C15H19N3O3. The second kappa shape index (κ2) is 6.41. The zero-order valence-corrected chi connectivity index (χ0v) is 12.3. The molecule has 0 unspecified atom stereocenters. The molecule has 6 heteroatoms. The Morgan fingerprint density at radius 2 is 2.14 bits per heavy atom. The number of nitrogens with zero attached hydrogens (tertiary/aromatic N) is 2. The van der Waals surface area contributed by atoms with Crippen LogP contribution in [0.2, 0.25) is 0 Å². The van der Waals surface area contributed by atoms with Crippen molar-refractivity contribution in [2.24, 2.45) is 0 Å². The van der Waals surface area contributed by atoms with E-state index in [-0.39, 0.29) is 11.8 Å². The van der Waals surface area contributed by atoms with Crippen molar-refractivity contribution in [1.82, 2.24) is 15.1 Å². The molecule has 2 rings (SSSR count). The van der Waals surface area contributed by atoms with E-state index in [2.05, 4.69) is 10.4 Å².